The normalized spacial score (nSPS) is 10.7. The lowest BCUT2D eigenvalue weighted by Crippen LogP contribution is -1.98. The standard InChI is InChI=1S/C11H11BrN2OS/c1-7-6-15-11(14-7)16-10-3-2-9(12)4-8(10)5-13/h2-4,6H,5,13H2,1H3. The number of nitrogens with two attached hydrogens (primary N) is 1. The number of oxazole rings is 1. The average molecular weight is 299 g/mol. The van der Waals surface area contributed by atoms with Crippen molar-refractivity contribution in [3.63, 3.8) is 0 Å². The summed E-state index contributed by atoms with van der Waals surface area (Å²) in [6.45, 7) is 2.40. The van der Waals surface area contributed by atoms with Crippen LogP contribution in [0.25, 0.3) is 0 Å². The largest absolute Gasteiger partial charge is 0.439 e. The first-order chi connectivity index (χ1) is 7.69. The first kappa shape index (κ1) is 11.7. The van der Waals surface area contributed by atoms with Crippen LogP contribution in [0.3, 0.4) is 0 Å². The van der Waals surface area contributed by atoms with Crippen LogP contribution in [0.5, 0.6) is 0 Å². The van der Waals surface area contributed by atoms with Gasteiger partial charge in [0.15, 0.2) is 0 Å². The minimum atomic E-state index is 0.501. The number of benzene rings is 1. The lowest BCUT2D eigenvalue weighted by molar-refractivity contribution is 0.454. The number of aromatic nitrogens is 1. The zero-order valence-corrected chi connectivity index (χ0v) is 11.1. The molecule has 0 aliphatic rings. The van der Waals surface area contributed by atoms with Crippen molar-refractivity contribution in [2.75, 3.05) is 0 Å². The van der Waals surface area contributed by atoms with Crippen molar-refractivity contribution in [3.05, 3.63) is 40.2 Å². The van der Waals surface area contributed by atoms with E-state index in [0.29, 0.717) is 11.8 Å². The zero-order chi connectivity index (χ0) is 11.5. The first-order valence-corrected chi connectivity index (χ1v) is 6.38. The molecule has 0 atom stereocenters. The van der Waals surface area contributed by atoms with Crippen LogP contribution in [0.2, 0.25) is 0 Å². The van der Waals surface area contributed by atoms with Gasteiger partial charge in [0.05, 0.1) is 5.69 Å². The summed E-state index contributed by atoms with van der Waals surface area (Å²) in [5, 5.41) is 0.648. The highest BCUT2D eigenvalue weighted by Gasteiger charge is 2.07. The predicted molar refractivity (Wildman–Crippen MR) is 67.4 cm³/mol. The minimum absolute atomic E-state index is 0.501. The fraction of sp³-hybridized carbons (Fsp3) is 0.182. The summed E-state index contributed by atoms with van der Waals surface area (Å²) < 4.78 is 6.33. The topological polar surface area (TPSA) is 52.0 Å². The van der Waals surface area contributed by atoms with Crippen LogP contribution < -0.4 is 5.73 Å². The van der Waals surface area contributed by atoms with Crippen LogP contribution in [0.15, 0.2) is 43.5 Å². The monoisotopic (exact) mass is 298 g/mol. The fourth-order valence-electron chi connectivity index (χ4n) is 1.28. The molecule has 1 aromatic carbocycles. The maximum atomic E-state index is 5.69. The highest BCUT2D eigenvalue weighted by molar-refractivity contribution is 9.10. The number of hydrogen-bond donors (Lipinski definition) is 1. The quantitative estimate of drug-likeness (QED) is 0.944. The molecule has 0 saturated heterocycles. The van der Waals surface area contributed by atoms with Crippen molar-refractivity contribution < 1.29 is 4.42 Å². The molecule has 84 valence electrons. The number of aryl methyl sites for hydroxylation is 1. The van der Waals surface area contributed by atoms with Crippen LogP contribution in [-0.4, -0.2) is 4.98 Å². The second kappa shape index (κ2) is 5.03. The van der Waals surface area contributed by atoms with Gasteiger partial charge >= 0.3 is 0 Å². The van der Waals surface area contributed by atoms with Crippen molar-refractivity contribution in [3.8, 4) is 0 Å². The molecule has 2 N–H and O–H groups in total. The lowest BCUT2D eigenvalue weighted by Gasteiger charge is -2.05. The number of rotatable bonds is 3. The zero-order valence-electron chi connectivity index (χ0n) is 8.74. The summed E-state index contributed by atoms with van der Waals surface area (Å²) in [4.78, 5) is 5.32. The van der Waals surface area contributed by atoms with Gasteiger partial charge in [-0.05, 0) is 42.4 Å². The molecule has 0 saturated carbocycles. The summed E-state index contributed by atoms with van der Waals surface area (Å²) in [5.41, 5.74) is 7.66. The highest BCUT2D eigenvalue weighted by atomic mass is 79.9. The van der Waals surface area contributed by atoms with E-state index in [2.05, 4.69) is 20.9 Å². The van der Waals surface area contributed by atoms with Gasteiger partial charge in [-0.1, -0.05) is 15.9 Å². The molecular formula is C11H11BrN2OS. The van der Waals surface area contributed by atoms with Crippen LogP contribution in [0.1, 0.15) is 11.3 Å². The summed E-state index contributed by atoms with van der Waals surface area (Å²) >= 11 is 4.91. The Kier molecular flexibility index (Phi) is 3.68. The van der Waals surface area contributed by atoms with Crippen LogP contribution in [0, 0.1) is 6.92 Å². The Labute approximate surface area is 107 Å². The molecule has 0 radical (unpaired) electrons. The maximum absolute atomic E-state index is 5.69. The molecule has 0 spiro atoms. The van der Waals surface area contributed by atoms with Crippen LogP contribution in [0.4, 0.5) is 0 Å². The van der Waals surface area contributed by atoms with Gasteiger partial charge in [-0.3, -0.25) is 0 Å². The van der Waals surface area contributed by atoms with E-state index in [1.54, 1.807) is 6.26 Å². The molecule has 16 heavy (non-hydrogen) atoms. The molecule has 0 amide bonds. The molecular weight excluding hydrogens is 288 g/mol. The van der Waals surface area contributed by atoms with Gasteiger partial charge < -0.3 is 10.2 Å². The van der Waals surface area contributed by atoms with E-state index >= 15 is 0 Å². The molecule has 1 aromatic heterocycles. The molecule has 1 heterocycles. The molecule has 2 aromatic rings. The lowest BCUT2D eigenvalue weighted by atomic mass is 10.2. The van der Waals surface area contributed by atoms with E-state index in [-0.39, 0.29) is 0 Å². The third kappa shape index (κ3) is 2.66. The maximum Gasteiger partial charge on any atom is 0.260 e. The van der Waals surface area contributed by atoms with Gasteiger partial charge in [0.1, 0.15) is 6.26 Å². The summed E-state index contributed by atoms with van der Waals surface area (Å²) in [6, 6.07) is 6.01. The van der Waals surface area contributed by atoms with E-state index < -0.39 is 0 Å². The summed E-state index contributed by atoms with van der Waals surface area (Å²) in [6.07, 6.45) is 1.64. The van der Waals surface area contributed by atoms with E-state index in [9.17, 15) is 0 Å². The van der Waals surface area contributed by atoms with Gasteiger partial charge in [0.2, 0.25) is 0 Å². The van der Waals surface area contributed by atoms with Gasteiger partial charge in [-0.15, -0.1) is 0 Å². The molecule has 2 rings (SSSR count). The minimum Gasteiger partial charge on any atom is -0.439 e. The van der Waals surface area contributed by atoms with Gasteiger partial charge in [-0.25, -0.2) is 4.98 Å². The second-order valence-corrected chi connectivity index (χ2v) is 5.22. The number of halogens is 1. The van der Waals surface area contributed by atoms with E-state index in [4.69, 9.17) is 10.2 Å². The third-order valence-corrected chi connectivity index (χ3v) is 3.51. The summed E-state index contributed by atoms with van der Waals surface area (Å²) in [5.74, 6) is 0. The van der Waals surface area contributed by atoms with E-state index in [0.717, 1.165) is 20.6 Å². The Morgan fingerprint density at radius 3 is 2.94 bits per heavy atom. The number of nitrogens with zero attached hydrogens (tertiary/aromatic N) is 1. The second-order valence-electron chi connectivity index (χ2n) is 3.31. The Morgan fingerprint density at radius 2 is 2.31 bits per heavy atom. The molecule has 0 aliphatic carbocycles. The van der Waals surface area contributed by atoms with Crippen molar-refractivity contribution in [1.29, 1.82) is 0 Å². The molecule has 0 bridgehead atoms. The summed E-state index contributed by atoms with van der Waals surface area (Å²) in [7, 11) is 0. The average Bonchev–Trinajstić information content (AvgIpc) is 2.67. The van der Waals surface area contributed by atoms with Gasteiger partial charge in [-0.2, -0.15) is 0 Å². The molecule has 0 unspecified atom stereocenters. The Balaban J connectivity index is 2.27. The number of hydrogen-bond acceptors (Lipinski definition) is 4. The van der Waals surface area contributed by atoms with Crippen molar-refractivity contribution in [2.24, 2.45) is 5.73 Å². The Bertz CT molecular complexity index is 498. The predicted octanol–water partition coefficient (Wildman–Crippen LogP) is 3.36. The fourth-order valence-corrected chi connectivity index (χ4v) is 2.57. The van der Waals surface area contributed by atoms with Gasteiger partial charge in [0.25, 0.3) is 5.22 Å². The highest BCUT2D eigenvalue weighted by Crippen LogP contribution is 2.31. The Morgan fingerprint density at radius 1 is 1.50 bits per heavy atom. The van der Waals surface area contributed by atoms with Gasteiger partial charge in [0, 0.05) is 15.9 Å². The Hall–Kier alpha value is -0.780. The molecule has 0 fully saturated rings. The SMILES string of the molecule is Cc1coc(Sc2ccc(Br)cc2CN)n1. The van der Waals surface area contributed by atoms with Crippen LogP contribution in [-0.2, 0) is 6.54 Å². The van der Waals surface area contributed by atoms with E-state index in [1.165, 1.54) is 11.8 Å². The first-order valence-electron chi connectivity index (χ1n) is 4.77. The van der Waals surface area contributed by atoms with Crippen LogP contribution >= 0.6 is 27.7 Å². The smallest absolute Gasteiger partial charge is 0.260 e. The van der Waals surface area contributed by atoms with Crippen molar-refractivity contribution in [1.82, 2.24) is 4.98 Å². The van der Waals surface area contributed by atoms with Crippen molar-refractivity contribution >= 4 is 27.7 Å². The molecule has 0 aliphatic heterocycles. The molecule has 5 heteroatoms. The van der Waals surface area contributed by atoms with E-state index in [1.807, 2.05) is 25.1 Å². The third-order valence-electron chi connectivity index (χ3n) is 2.04. The van der Waals surface area contributed by atoms with Crippen molar-refractivity contribution in [2.45, 2.75) is 23.6 Å². The molecule has 3 nitrogen and oxygen atoms in total.